The third kappa shape index (κ3) is 3.35. The fourth-order valence-corrected chi connectivity index (χ4v) is 3.08. The number of aryl methyl sites for hydroxylation is 2. The summed E-state index contributed by atoms with van der Waals surface area (Å²) in [6.07, 6.45) is 7.08. The van der Waals surface area contributed by atoms with Gasteiger partial charge in [-0.05, 0) is 45.6 Å². The van der Waals surface area contributed by atoms with Gasteiger partial charge < -0.3 is 5.32 Å². The zero-order valence-electron chi connectivity index (χ0n) is 12.1. The van der Waals surface area contributed by atoms with Crippen molar-refractivity contribution in [2.24, 2.45) is 5.92 Å². The maximum atomic E-state index is 4.50. The van der Waals surface area contributed by atoms with Gasteiger partial charge in [0.2, 0.25) is 0 Å². The highest BCUT2D eigenvalue weighted by Crippen LogP contribution is 2.26. The number of nitrogens with zero attached hydrogens (tertiary/aromatic N) is 2. The minimum absolute atomic E-state index is 0.630. The molecule has 0 saturated heterocycles. The highest BCUT2D eigenvalue weighted by molar-refractivity contribution is 5.08. The fraction of sp³-hybridized carbons (Fsp3) is 0.800. The van der Waals surface area contributed by atoms with Crippen LogP contribution in [0, 0.1) is 12.8 Å². The Kier molecular flexibility index (Phi) is 4.81. The number of hydrogen-bond donors (Lipinski definition) is 1. The first-order valence-corrected chi connectivity index (χ1v) is 7.47. The van der Waals surface area contributed by atoms with Crippen LogP contribution in [-0.2, 0) is 13.1 Å². The Hall–Kier alpha value is -0.830. The Labute approximate surface area is 111 Å². The van der Waals surface area contributed by atoms with Gasteiger partial charge in [-0.2, -0.15) is 5.10 Å². The normalized spacial score (nSPS) is 19.1. The van der Waals surface area contributed by atoms with E-state index in [4.69, 9.17) is 0 Å². The molecule has 1 atom stereocenters. The molecule has 1 aliphatic rings. The third-order valence-electron chi connectivity index (χ3n) is 4.25. The van der Waals surface area contributed by atoms with Crippen molar-refractivity contribution in [3.05, 3.63) is 17.5 Å². The largest absolute Gasteiger partial charge is 0.308 e. The lowest BCUT2D eigenvalue weighted by Crippen LogP contribution is -2.34. The molecule has 1 saturated carbocycles. The van der Waals surface area contributed by atoms with E-state index in [-0.39, 0.29) is 0 Å². The van der Waals surface area contributed by atoms with E-state index in [0.29, 0.717) is 6.04 Å². The topological polar surface area (TPSA) is 29.9 Å². The minimum atomic E-state index is 0.630. The van der Waals surface area contributed by atoms with Crippen molar-refractivity contribution in [1.82, 2.24) is 15.1 Å². The summed E-state index contributed by atoms with van der Waals surface area (Å²) in [7, 11) is 0. The first-order chi connectivity index (χ1) is 8.70. The predicted octanol–water partition coefficient (Wildman–Crippen LogP) is 3.27. The van der Waals surface area contributed by atoms with E-state index < -0.39 is 0 Å². The Balaban J connectivity index is 1.86. The number of nitrogens with one attached hydrogen (secondary N) is 1. The van der Waals surface area contributed by atoms with E-state index in [2.05, 4.69) is 41.9 Å². The molecule has 1 fully saturated rings. The van der Waals surface area contributed by atoms with Gasteiger partial charge in [-0.25, -0.2) is 0 Å². The molecule has 102 valence electrons. The molecule has 0 radical (unpaired) electrons. The second-order valence-corrected chi connectivity index (χ2v) is 5.66. The lowest BCUT2D eigenvalue weighted by molar-refractivity contribution is 0.279. The van der Waals surface area contributed by atoms with Gasteiger partial charge in [0.25, 0.3) is 0 Å². The quantitative estimate of drug-likeness (QED) is 0.868. The predicted molar refractivity (Wildman–Crippen MR) is 75.5 cm³/mol. The number of rotatable bonds is 5. The summed E-state index contributed by atoms with van der Waals surface area (Å²) in [5, 5.41) is 8.19. The first kappa shape index (κ1) is 13.6. The Morgan fingerprint density at radius 3 is 2.78 bits per heavy atom. The third-order valence-corrected chi connectivity index (χ3v) is 4.25. The van der Waals surface area contributed by atoms with Gasteiger partial charge in [-0.15, -0.1) is 0 Å². The van der Waals surface area contributed by atoms with Crippen LogP contribution in [0.2, 0.25) is 0 Å². The zero-order chi connectivity index (χ0) is 13.0. The molecular weight excluding hydrogens is 222 g/mol. The van der Waals surface area contributed by atoms with Crippen LogP contribution < -0.4 is 5.32 Å². The molecule has 1 aromatic heterocycles. The number of aromatic nitrogens is 2. The summed E-state index contributed by atoms with van der Waals surface area (Å²) in [6, 6.07) is 2.83. The van der Waals surface area contributed by atoms with Gasteiger partial charge in [0.05, 0.1) is 11.4 Å². The van der Waals surface area contributed by atoms with Crippen molar-refractivity contribution >= 4 is 0 Å². The van der Waals surface area contributed by atoms with Crippen molar-refractivity contribution < 1.29 is 0 Å². The average molecular weight is 249 g/mol. The fourth-order valence-electron chi connectivity index (χ4n) is 3.08. The molecule has 0 unspecified atom stereocenters. The van der Waals surface area contributed by atoms with Crippen LogP contribution in [0.4, 0.5) is 0 Å². The Morgan fingerprint density at radius 1 is 1.39 bits per heavy atom. The van der Waals surface area contributed by atoms with E-state index >= 15 is 0 Å². The molecule has 0 bridgehead atoms. The molecule has 0 aromatic carbocycles. The van der Waals surface area contributed by atoms with Crippen LogP contribution in [0.5, 0.6) is 0 Å². The van der Waals surface area contributed by atoms with Gasteiger partial charge in [0.1, 0.15) is 0 Å². The van der Waals surface area contributed by atoms with Crippen LogP contribution >= 0.6 is 0 Å². The first-order valence-electron chi connectivity index (χ1n) is 7.47. The SMILES string of the molecule is CCn1nc(C)cc1CN[C@@H](C)C1CCCCC1. The summed E-state index contributed by atoms with van der Waals surface area (Å²) in [5.41, 5.74) is 2.44. The summed E-state index contributed by atoms with van der Waals surface area (Å²) in [4.78, 5) is 0. The van der Waals surface area contributed by atoms with Crippen molar-refractivity contribution in [2.75, 3.05) is 0 Å². The zero-order valence-corrected chi connectivity index (χ0v) is 12.1. The van der Waals surface area contributed by atoms with E-state index in [9.17, 15) is 0 Å². The van der Waals surface area contributed by atoms with Crippen molar-refractivity contribution in [3.8, 4) is 0 Å². The standard InChI is InChI=1S/C15H27N3/c1-4-18-15(10-12(2)17-18)11-16-13(3)14-8-6-5-7-9-14/h10,13-14,16H,4-9,11H2,1-3H3/t13-/m0/s1. The molecular formula is C15H27N3. The lowest BCUT2D eigenvalue weighted by Gasteiger charge is -2.28. The summed E-state index contributed by atoms with van der Waals surface area (Å²) < 4.78 is 2.11. The maximum Gasteiger partial charge on any atom is 0.0597 e. The molecule has 18 heavy (non-hydrogen) atoms. The molecule has 3 nitrogen and oxygen atoms in total. The van der Waals surface area contributed by atoms with E-state index in [1.54, 1.807) is 0 Å². The molecule has 0 amide bonds. The highest BCUT2D eigenvalue weighted by Gasteiger charge is 2.19. The average Bonchev–Trinajstić information content (AvgIpc) is 2.77. The van der Waals surface area contributed by atoms with Crippen LogP contribution in [0.1, 0.15) is 57.3 Å². The lowest BCUT2D eigenvalue weighted by atomic mass is 9.84. The van der Waals surface area contributed by atoms with Gasteiger partial charge in [0.15, 0.2) is 0 Å². The summed E-state index contributed by atoms with van der Waals surface area (Å²) >= 11 is 0. The molecule has 0 aliphatic heterocycles. The van der Waals surface area contributed by atoms with Gasteiger partial charge in [0, 0.05) is 19.1 Å². The second kappa shape index (κ2) is 6.37. The molecule has 1 heterocycles. The van der Waals surface area contributed by atoms with Gasteiger partial charge in [-0.3, -0.25) is 4.68 Å². The molecule has 1 aromatic rings. The van der Waals surface area contributed by atoms with Crippen molar-refractivity contribution in [3.63, 3.8) is 0 Å². The van der Waals surface area contributed by atoms with Gasteiger partial charge in [-0.1, -0.05) is 19.3 Å². The monoisotopic (exact) mass is 249 g/mol. The van der Waals surface area contributed by atoms with Crippen LogP contribution in [-0.4, -0.2) is 15.8 Å². The molecule has 0 spiro atoms. The molecule has 1 aliphatic carbocycles. The minimum Gasteiger partial charge on any atom is -0.308 e. The molecule has 1 N–H and O–H groups in total. The summed E-state index contributed by atoms with van der Waals surface area (Å²) in [6.45, 7) is 8.48. The van der Waals surface area contributed by atoms with Crippen LogP contribution in [0.15, 0.2) is 6.07 Å². The highest BCUT2D eigenvalue weighted by atomic mass is 15.3. The van der Waals surface area contributed by atoms with Crippen molar-refractivity contribution in [2.45, 2.75) is 72.0 Å². The molecule has 2 rings (SSSR count). The van der Waals surface area contributed by atoms with Gasteiger partial charge >= 0.3 is 0 Å². The molecule has 3 heteroatoms. The van der Waals surface area contributed by atoms with E-state index in [0.717, 1.165) is 24.7 Å². The van der Waals surface area contributed by atoms with Crippen molar-refractivity contribution in [1.29, 1.82) is 0 Å². The second-order valence-electron chi connectivity index (χ2n) is 5.66. The van der Waals surface area contributed by atoms with Crippen LogP contribution in [0.25, 0.3) is 0 Å². The Morgan fingerprint density at radius 2 is 2.11 bits per heavy atom. The maximum absolute atomic E-state index is 4.50. The van der Waals surface area contributed by atoms with E-state index in [1.165, 1.54) is 37.8 Å². The smallest absolute Gasteiger partial charge is 0.0597 e. The summed E-state index contributed by atoms with van der Waals surface area (Å²) in [5.74, 6) is 0.873. The van der Waals surface area contributed by atoms with Crippen LogP contribution in [0.3, 0.4) is 0 Å². The van der Waals surface area contributed by atoms with E-state index in [1.807, 2.05) is 0 Å². The Bertz CT molecular complexity index is 364. The number of hydrogen-bond acceptors (Lipinski definition) is 2.